The number of halogens is 1. The molecule has 0 spiro atoms. The molecule has 1 fully saturated rings. The fourth-order valence-electron chi connectivity index (χ4n) is 4.28. The van der Waals surface area contributed by atoms with E-state index in [1.54, 1.807) is 23.1 Å². The van der Waals surface area contributed by atoms with Gasteiger partial charge in [0, 0.05) is 31.6 Å². The van der Waals surface area contributed by atoms with Crippen molar-refractivity contribution in [1.82, 2.24) is 14.9 Å². The topological polar surface area (TPSA) is 58.6 Å². The lowest BCUT2D eigenvalue weighted by Crippen LogP contribution is -2.37. The van der Waals surface area contributed by atoms with Crippen molar-refractivity contribution in [2.75, 3.05) is 24.5 Å². The number of ether oxygens (including phenoxy) is 1. The number of aromatic nitrogens is 2. The Labute approximate surface area is 186 Å². The van der Waals surface area contributed by atoms with Crippen LogP contribution in [0, 0.1) is 12.7 Å². The van der Waals surface area contributed by atoms with Crippen LogP contribution in [0.1, 0.15) is 40.0 Å². The second-order valence-corrected chi connectivity index (χ2v) is 8.33. The molecule has 0 atom stereocenters. The summed E-state index contributed by atoms with van der Waals surface area (Å²) >= 11 is 0. The number of hydrogen-bond donors (Lipinski definition) is 0. The van der Waals surface area contributed by atoms with Crippen molar-refractivity contribution in [2.24, 2.45) is 0 Å². The lowest BCUT2D eigenvalue weighted by Gasteiger charge is -2.30. The van der Waals surface area contributed by atoms with Gasteiger partial charge in [-0.3, -0.25) is 4.79 Å². The fourth-order valence-corrected chi connectivity index (χ4v) is 4.28. The predicted molar refractivity (Wildman–Crippen MR) is 120 cm³/mol. The number of anilines is 1. The number of carbonyl (C=O) groups excluding carboxylic acids is 1. The summed E-state index contributed by atoms with van der Waals surface area (Å²) in [6.07, 6.45) is 2.80. The molecule has 0 N–H and O–H groups in total. The van der Waals surface area contributed by atoms with Gasteiger partial charge in [0.2, 0.25) is 11.8 Å². The molecule has 1 saturated heterocycles. The van der Waals surface area contributed by atoms with Crippen LogP contribution in [0.5, 0.6) is 11.6 Å². The van der Waals surface area contributed by atoms with Gasteiger partial charge in [-0.2, -0.15) is 4.98 Å². The van der Waals surface area contributed by atoms with E-state index in [-0.39, 0.29) is 11.7 Å². The normalized spacial score (nSPS) is 15.6. The summed E-state index contributed by atoms with van der Waals surface area (Å²) in [4.78, 5) is 26.5. The number of para-hydroxylation sites is 1. The van der Waals surface area contributed by atoms with Gasteiger partial charge in [0.15, 0.2) is 11.6 Å². The molecule has 0 bridgehead atoms. The molecule has 164 valence electrons. The van der Waals surface area contributed by atoms with Crippen molar-refractivity contribution in [1.29, 1.82) is 0 Å². The van der Waals surface area contributed by atoms with Crippen LogP contribution >= 0.6 is 0 Å². The van der Waals surface area contributed by atoms with Crippen molar-refractivity contribution in [3.8, 4) is 11.6 Å². The quantitative estimate of drug-likeness (QED) is 0.607. The van der Waals surface area contributed by atoms with Crippen molar-refractivity contribution < 1.29 is 13.9 Å². The lowest BCUT2D eigenvalue weighted by molar-refractivity contribution is 0.0731. The minimum atomic E-state index is -0.453. The standard InChI is InChI=1S/C25H25FN4O2/c1-17-7-6-8-18(15-17)24(31)30-14-11-21-19(16-30)23(32-22-10-3-2-9-20(22)26)28-25(27-21)29-12-4-5-13-29/h2-3,6-10,15H,4-5,11-14,16H2,1H3. The van der Waals surface area contributed by atoms with Crippen LogP contribution in [0.2, 0.25) is 0 Å². The molecule has 6 nitrogen and oxygen atoms in total. The summed E-state index contributed by atoms with van der Waals surface area (Å²) in [6.45, 7) is 4.66. The lowest BCUT2D eigenvalue weighted by atomic mass is 10.0. The average Bonchev–Trinajstić information content (AvgIpc) is 3.35. The maximum absolute atomic E-state index is 14.3. The monoisotopic (exact) mass is 432 g/mol. The highest BCUT2D eigenvalue weighted by Crippen LogP contribution is 2.33. The Bertz CT molecular complexity index is 1160. The van der Waals surface area contributed by atoms with Crippen LogP contribution < -0.4 is 9.64 Å². The highest BCUT2D eigenvalue weighted by molar-refractivity contribution is 5.94. The van der Waals surface area contributed by atoms with E-state index in [0.717, 1.165) is 42.8 Å². The molecule has 0 saturated carbocycles. The predicted octanol–water partition coefficient (Wildman–Crippen LogP) is 4.52. The van der Waals surface area contributed by atoms with E-state index in [1.165, 1.54) is 6.07 Å². The van der Waals surface area contributed by atoms with Gasteiger partial charge in [-0.25, -0.2) is 9.37 Å². The molecule has 5 rings (SSSR count). The molecule has 2 aliphatic rings. The zero-order valence-corrected chi connectivity index (χ0v) is 18.1. The van der Waals surface area contributed by atoms with Crippen molar-refractivity contribution in [2.45, 2.75) is 32.7 Å². The number of rotatable bonds is 4. The summed E-state index contributed by atoms with van der Waals surface area (Å²) in [7, 11) is 0. The van der Waals surface area contributed by atoms with E-state index >= 15 is 0 Å². The van der Waals surface area contributed by atoms with Gasteiger partial charge < -0.3 is 14.5 Å². The van der Waals surface area contributed by atoms with Crippen LogP contribution in [-0.4, -0.2) is 40.4 Å². The smallest absolute Gasteiger partial charge is 0.254 e. The number of amides is 1. The first-order valence-corrected chi connectivity index (χ1v) is 11.0. The molecule has 0 radical (unpaired) electrons. The zero-order valence-electron chi connectivity index (χ0n) is 18.1. The van der Waals surface area contributed by atoms with Crippen LogP contribution in [-0.2, 0) is 13.0 Å². The van der Waals surface area contributed by atoms with E-state index in [9.17, 15) is 9.18 Å². The summed E-state index contributed by atoms with van der Waals surface area (Å²) in [5.41, 5.74) is 3.29. The molecule has 0 unspecified atom stereocenters. The highest BCUT2D eigenvalue weighted by atomic mass is 19.1. The van der Waals surface area contributed by atoms with Gasteiger partial charge in [0.1, 0.15) is 0 Å². The third kappa shape index (κ3) is 4.02. The van der Waals surface area contributed by atoms with E-state index in [1.807, 2.05) is 31.2 Å². The summed E-state index contributed by atoms with van der Waals surface area (Å²) < 4.78 is 20.3. The Morgan fingerprint density at radius 3 is 2.62 bits per heavy atom. The summed E-state index contributed by atoms with van der Waals surface area (Å²) in [5, 5.41) is 0. The van der Waals surface area contributed by atoms with Crippen LogP contribution in [0.4, 0.5) is 10.3 Å². The van der Waals surface area contributed by atoms with E-state index < -0.39 is 5.82 Å². The molecule has 3 aromatic rings. The molecular weight excluding hydrogens is 407 g/mol. The first-order valence-electron chi connectivity index (χ1n) is 11.0. The fraction of sp³-hybridized carbons (Fsp3) is 0.320. The van der Waals surface area contributed by atoms with Crippen LogP contribution in [0.3, 0.4) is 0 Å². The largest absolute Gasteiger partial charge is 0.435 e. The van der Waals surface area contributed by atoms with Gasteiger partial charge in [0.05, 0.1) is 17.8 Å². The highest BCUT2D eigenvalue weighted by Gasteiger charge is 2.29. The maximum atomic E-state index is 14.3. The Morgan fingerprint density at radius 1 is 1.03 bits per heavy atom. The van der Waals surface area contributed by atoms with Gasteiger partial charge in [-0.15, -0.1) is 0 Å². The molecular formula is C25H25FN4O2. The van der Waals surface area contributed by atoms with Crippen LogP contribution in [0.25, 0.3) is 0 Å². The first kappa shape index (κ1) is 20.4. The third-order valence-electron chi connectivity index (χ3n) is 5.99. The van der Waals surface area contributed by atoms with Crippen molar-refractivity contribution in [3.63, 3.8) is 0 Å². The molecule has 7 heteroatoms. The van der Waals surface area contributed by atoms with Gasteiger partial charge in [-0.1, -0.05) is 29.8 Å². The molecule has 32 heavy (non-hydrogen) atoms. The molecule has 1 aromatic heterocycles. The average molecular weight is 432 g/mol. The number of aryl methyl sites for hydroxylation is 1. The second-order valence-electron chi connectivity index (χ2n) is 8.33. The van der Waals surface area contributed by atoms with Gasteiger partial charge in [0.25, 0.3) is 5.91 Å². The molecule has 3 heterocycles. The first-order chi connectivity index (χ1) is 15.6. The van der Waals surface area contributed by atoms with E-state index in [0.29, 0.717) is 36.9 Å². The van der Waals surface area contributed by atoms with Gasteiger partial charge >= 0.3 is 0 Å². The minimum Gasteiger partial charge on any atom is -0.435 e. The second kappa shape index (κ2) is 8.57. The van der Waals surface area contributed by atoms with E-state index in [2.05, 4.69) is 9.88 Å². The minimum absolute atomic E-state index is 0.0418. The Hall–Kier alpha value is -3.48. The summed E-state index contributed by atoms with van der Waals surface area (Å²) in [6, 6.07) is 13.9. The summed E-state index contributed by atoms with van der Waals surface area (Å²) in [5.74, 6) is 0.559. The number of benzene rings is 2. The Kier molecular flexibility index (Phi) is 5.47. The molecule has 2 aliphatic heterocycles. The zero-order chi connectivity index (χ0) is 22.1. The van der Waals surface area contributed by atoms with Gasteiger partial charge in [-0.05, 0) is 44.0 Å². The maximum Gasteiger partial charge on any atom is 0.254 e. The van der Waals surface area contributed by atoms with E-state index in [4.69, 9.17) is 9.72 Å². The Morgan fingerprint density at radius 2 is 1.84 bits per heavy atom. The van der Waals surface area contributed by atoms with Crippen molar-refractivity contribution in [3.05, 3.63) is 76.7 Å². The number of hydrogen-bond acceptors (Lipinski definition) is 5. The van der Waals surface area contributed by atoms with Crippen LogP contribution in [0.15, 0.2) is 48.5 Å². The third-order valence-corrected chi connectivity index (χ3v) is 5.99. The molecule has 2 aromatic carbocycles. The molecule has 1 amide bonds. The van der Waals surface area contributed by atoms with Crippen molar-refractivity contribution >= 4 is 11.9 Å². The molecule has 0 aliphatic carbocycles. The number of fused-ring (bicyclic) bond motifs is 1. The SMILES string of the molecule is Cc1cccc(C(=O)N2CCc3nc(N4CCCC4)nc(Oc4ccccc4F)c3C2)c1. The number of carbonyl (C=O) groups is 1. The number of nitrogens with zero attached hydrogens (tertiary/aromatic N) is 4. The Balaban J connectivity index is 1.50.